The van der Waals surface area contributed by atoms with Crippen molar-refractivity contribution < 1.29 is 0 Å². The summed E-state index contributed by atoms with van der Waals surface area (Å²) in [4.78, 5) is 15.3. The van der Waals surface area contributed by atoms with E-state index in [1.54, 1.807) is 18.5 Å². The zero-order chi connectivity index (χ0) is 16.9. The number of hydrogen-bond donors (Lipinski definition) is 2. The molecule has 7 heteroatoms. The Morgan fingerprint density at radius 1 is 1.12 bits per heavy atom. The average molecular weight is 335 g/mol. The fraction of sp³-hybridized carbons (Fsp3) is 0.333. The van der Waals surface area contributed by atoms with Crippen LogP contribution >= 0.6 is 0 Å². The van der Waals surface area contributed by atoms with Gasteiger partial charge in [0.15, 0.2) is 0 Å². The number of anilines is 2. The summed E-state index contributed by atoms with van der Waals surface area (Å²) in [6.45, 7) is 3.10. The largest absolute Gasteiger partial charge is 0.309 e. The van der Waals surface area contributed by atoms with Gasteiger partial charge in [0.1, 0.15) is 5.82 Å². The maximum Gasteiger partial charge on any atom is 0.228 e. The minimum atomic E-state index is 0.511. The summed E-state index contributed by atoms with van der Waals surface area (Å²) in [7, 11) is 0. The van der Waals surface area contributed by atoms with E-state index in [1.165, 1.54) is 24.1 Å². The maximum absolute atomic E-state index is 4.39. The first kappa shape index (κ1) is 15.7. The molecular weight excluding hydrogens is 314 g/mol. The molecule has 0 aliphatic carbocycles. The monoisotopic (exact) mass is 335 g/mol. The number of aromatic amines is 1. The first-order valence-electron chi connectivity index (χ1n) is 8.57. The van der Waals surface area contributed by atoms with Gasteiger partial charge in [0.2, 0.25) is 5.95 Å². The summed E-state index contributed by atoms with van der Waals surface area (Å²) < 4.78 is 0. The minimum Gasteiger partial charge on any atom is -0.309 e. The van der Waals surface area contributed by atoms with Crippen LogP contribution in [-0.2, 0) is 6.54 Å². The lowest BCUT2D eigenvalue weighted by atomic mass is 9.91. The quantitative estimate of drug-likeness (QED) is 0.746. The number of rotatable bonds is 5. The molecule has 3 aromatic heterocycles. The number of nitrogens with one attached hydrogen (secondary N) is 2. The summed E-state index contributed by atoms with van der Waals surface area (Å²) in [6.07, 6.45) is 9.50. The molecule has 1 atom stereocenters. The van der Waals surface area contributed by atoms with Crippen molar-refractivity contribution in [3.63, 3.8) is 0 Å². The Hall–Kier alpha value is -2.80. The molecular formula is C18H21N7. The first-order chi connectivity index (χ1) is 12.4. The standard InChI is InChI=1S/C18H21N7/c1-3-15(12-25(10-1)13-16-5-9-22-24-16)14-4-8-19-17(11-14)23-18-20-6-2-7-21-18/h2,4-9,11,15H,1,3,10,12-13H2,(H,22,24)(H,19,20,21,23). The summed E-state index contributed by atoms with van der Waals surface area (Å²) in [5.74, 6) is 1.86. The molecule has 1 aliphatic heterocycles. The zero-order valence-corrected chi connectivity index (χ0v) is 14.0. The Kier molecular flexibility index (Phi) is 4.65. The topological polar surface area (TPSA) is 82.6 Å². The van der Waals surface area contributed by atoms with E-state index < -0.39 is 0 Å². The Bertz CT molecular complexity index is 788. The van der Waals surface area contributed by atoms with Crippen molar-refractivity contribution in [3.8, 4) is 0 Å². The van der Waals surface area contributed by atoms with E-state index >= 15 is 0 Å². The Balaban J connectivity index is 1.44. The van der Waals surface area contributed by atoms with Crippen molar-refractivity contribution in [1.82, 2.24) is 30.0 Å². The van der Waals surface area contributed by atoms with Crippen LogP contribution in [0.3, 0.4) is 0 Å². The first-order valence-corrected chi connectivity index (χ1v) is 8.57. The number of pyridine rings is 1. The molecule has 1 unspecified atom stereocenters. The van der Waals surface area contributed by atoms with Crippen LogP contribution in [0.1, 0.15) is 30.0 Å². The minimum absolute atomic E-state index is 0.511. The number of likely N-dealkylation sites (tertiary alicyclic amines) is 1. The molecule has 4 rings (SSSR count). The SMILES string of the molecule is c1cnc(Nc2cc(C3CCCN(Cc4ccn[nH]4)C3)ccn2)nc1. The van der Waals surface area contributed by atoms with Crippen molar-refractivity contribution in [2.75, 3.05) is 18.4 Å². The third-order valence-electron chi connectivity index (χ3n) is 4.52. The Labute approximate surface area is 146 Å². The number of piperidine rings is 1. The van der Waals surface area contributed by atoms with Gasteiger partial charge in [0.25, 0.3) is 0 Å². The van der Waals surface area contributed by atoms with E-state index in [9.17, 15) is 0 Å². The molecule has 2 N–H and O–H groups in total. The predicted octanol–water partition coefficient (Wildman–Crippen LogP) is 2.72. The molecule has 0 saturated carbocycles. The van der Waals surface area contributed by atoms with Gasteiger partial charge >= 0.3 is 0 Å². The molecule has 0 radical (unpaired) electrons. The van der Waals surface area contributed by atoms with E-state index in [4.69, 9.17) is 0 Å². The van der Waals surface area contributed by atoms with Gasteiger partial charge < -0.3 is 5.32 Å². The molecule has 1 fully saturated rings. The van der Waals surface area contributed by atoms with Gasteiger partial charge in [-0.3, -0.25) is 10.00 Å². The molecule has 3 aromatic rings. The third kappa shape index (κ3) is 4.00. The number of nitrogens with zero attached hydrogens (tertiary/aromatic N) is 5. The highest BCUT2D eigenvalue weighted by molar-refractivity contribution is 5.48. The van der Waals surface area contributed by atoms with E-state index in [-0.39, 0.29) is 0 Å². The van der Waals surface area contributed by atoms with E-state index in [0.29, 0.717) is 11.9 Å². The Morgan fingerprint density at radius 3 is 2.88 bits per heavy atom. The average Bonchev–Trinajstić information content (AvgIpc) is 3.16. The van der Waals surface area contributed by atoms with Crippen LogP contribution < -0.4 is 5.32 Å². The van der Waals surface area contributed by atoms with Crippen molar-refractivity contribution in [2.24, 2.45) is 0 Å². The molecule has 0 amide bonds. The van der Waals surface area contributed by atoms with Crippen molar-refractivity contribution in [3.05, 3.63) is 60.3 Å². The van der Waals surface area contributed by atoms with Crippen LogP contribution in [0.15, 0.2) is 49.1 Å². The van der Waals surface area contributed by atoms with Gasteiger partial charge in [-0.15, -0.1) is 0 Å². The van der Waals surface area contributed by atoms with Crippen LogP contribution in [0, 0.1) is 0 Å². The fourth-order valence-corrected chi connectivity index (χ4v) is 3.33. The fourth-order valence-electron chi connectivity index (χ4n) is 3.33. The highest BCUT2D eigenvalue weighted by Gasteiger charge is 2.22. The maximum atomic E-state index is 4.39. The summed E-state index contributed by atoms with van der Waals surface area (Å²) in [5.41, 5.74) is 2.47. The molecule has 7 nitrogen and oxygen atoms in total. The van der Waals surface area contributed by atoms with Crippen molar-refractivity contribution >= 4 is 11.8 Å². The second kappa shape index (κ2) is 7.40. The van der Waals surface area contributed by atoms with Crippen LogP contribution in [0.25, 0.3) is 0 Å². The van der Waals surface area contributed by atoms with Crippen LogP contribution in [0.2, 0.25) is 0 Å². The van der Waals surface area contributed by atoms with Crippen LogP contribution in [-0.4, -0.2) is 43.1 Å². The molecule has 128 valence electrons. The molecule has 1 aliphatic rings. The normalized spacial score (nSPS) is 18.2. The lowest BCUT2D eigenvalue weighted by Crippen LogP contribution is -2.34. The second-order valence-corrected chi connectivity index (χ2v) is 6.33. The van der Waals surface area contributed by atoms with E-state index in [1.807, 2.05) is 18.5 Å². The predicted molar refractivity (Wildman–Crippen MR) is 95.4 cm³/mol. The lowest BCUT2D eigenvalue weighted by Gasteiger charge is -2.32. The molecule has 4 heterocycles. The smallest absolute Gasteiger partial charge is 0.228 e. The highest BCUT2D eigenvalue weighted by atomic mass is 15.2. The molecule has 0 bridgehead atoms. The van der Waals surface area contributed by atoms with Gasteiger partial charge in [0.05, 0.1) is 0 Å². The molecule has 0 spiro atoms. The van der Waals surface area contributed by atoms with Gasteiger partial charge in [-0.05, 0) is 55.1 Å². The van der Waals surface area contributed by atoms with Crippen LogP contribution in [0.5, 0.6) is 0 Å². The van der Waals surface area contributed by atoms with Gasteiger partial charge in [0, 0.05) is 43.6 Å². The molecule has 0 aromatic carbocycles. The van der Waals surface area contributed by atoms with Crippen LogP contribution in [0.4, 0.5) is 11.8 Å². The number of hydrogen-bond acceptors (Lipinski definition) is 6. The zero-order valence-electron chi connectivity index (χ0n) is 14.0. The third-order valence-corrected chi connectivity index (χ3v) is 4.52. The lowest BCUT2D eigenvalue weighted by molar-refractivity contribution is 0.198. The summed E-state index contributed by atoms with van der Waals surface area (Å²) in [6, 6.07) is 8.06. The second-order valence-electron chi connectivity index (χ2n) is 6.33. The molecule has 25 heavy (non-hydrogen) atoms. The van der Waals surface area contributed by atoms with E-state index in [0.717, 1.165) is 25.5 Å². The Morgan fingerprint density at radius 2 is 2.04 bits per heavy atom. The number of H-pyrrole nitrogens is 1. The van der Waals surface area contributed by atoms with Crippen molar-refractivity contribution in [1.29, 1.82) is 0 Å². The molecule has 1 saturated heterocycles. The van der Waals surface area contributed by atoms with Gasteiger partial charge in [-0.2, -0.15) is 5.10 Å². The number of aromatic nitrogens is 5. The highest BCUT2D eigenvalue weighted by Crippen LogP contribution is 2.28. The van der Waals surface area contributed by atoms with Gasteiger partial charge in [-0.1, -0.05) is 0 Å². The summed E-state index contributed by atoms with van der Waals surface area (Å²) in [5, 5.41) is 10.3. The van der Waals surface area contributed by atoms with E-state index in [2.05, 4.69) is 47.5 Å². The summed E-state index contributed by atoms with van der Waals surface area (Å²) >= 11 is 0. The van der Waals surface area contributed by atoms with Gasteiger partial charge in [-0.25, -0.2) is 15.0 Å². The van der Waals surface area contributed by atoms with Crippen molar-refractivity contribution in [2.45, 2.75) is 25.3 Å².